The molecule has 0 spiro atoms. The maximum atomic E-state index is 12.6. The lowest BCUT2D eigenvalue weighted by molar-refractivity contribution is 0.335. The largest absolute Gasteiger partial charge is 0.303 e. The van der Waals surface area contributed by atoms with Crippen molar-refractivity contribution in [3.05, 3.63) is 59.7 Å². The number of hydrogen-bond donors (Lipinski definition) is 1. The molecule has 0 radical (unpaired) electrons. The molecule has 0 aromatic heterocycles. The minimum Gasteiger partial charge on any atom is -0.303 e. The Morgan fingerprint density at radius 1 is 0.926 bits per heavy atom. The van der Waals surface area contributed by atoms with Crippen LogP contribution in [-0.4, -0.2) is 33.0 Å². The van der Waals surface area contributed by atoms with Crippen LogP contribution in [0.2, 0.25) is 0 Å². The third kappa shape index (κ3) is 4.36. The van der Waals surface area contributed by atoms with Gasteiger partial charge in [0.1, 0.15) is 0 Å². The molecule has 144 valence electrons. The molecule has 1 saturated heterocycles. The van der Waals surface area contributed by atoms with E-state index < -0.39 is 10.0 Å². The Bertz CT molecular complexity index is 872. The standard InChI is InChI=1S/C22H28N2O2S/c1-2-14-24-15-13-20(16-24)19-5-9-21(10-6-19)23-27(25,26)22-11-7-18(8-12-22)17-3-4-17/h5-12,17,20,23H,2-4,13-16H2,1H3/t20-/m1/s1. The van der Waals surface area contributed by atoms with E-state index in [0.29, 0.717) is 22.4 Å². The van der Waals surface area contributed by atoms with Gasteiger partial charge in [-0.25, -0.2) is 8.42 Å². The van der Waals surface area contributed by atoms with E-state index in [1.165, 1.54) is 36.8 Å². The first-order valence-corrected chi connectivity index (χ1v) is 11.5. The van der Waals surface area contributed by atoms with Crippen molar-refractivity contribution >= 4 is 15.7 Å². The molecule has 1 N–H and O–H groups in total. The highest BCUT2D eigenvalue weighted by atomic mass is 32.2. The van der Waals surface area contributed by atoms with E-state index in [1.54, 1.807) is 12.1 Å². The van der Waals surface area contributed by atoms with Gasteiger partial charge in [-0.05, 0) is 86.0 Å². The normalized spacial score (nSPS) is 20.7. The Balaban J connectivity index is 1.41. The van der Waals surface area contributed by atoms with Crippen molar-refractivity contribution in [2.24, 2.45) is 0 Å². The first-order chi connectivity index (χ1) is 13.0. The highest BCUT2D eigenvalue weighted by Gasteiger charge is 2.25. The Morgan fingerprint density at radius 2 is 1.56 bits per heavy atom. The zero-order valence-electron chi connectivity index (χ0n) is 15.9. The van der Waals surface area contributed by atoms with Gasteiger partial charge in [-0.15, -0.1) is 0 Å². The Kier molecular flexibility index (Phi) is 5.24. The summed E-state index contributed by atoms with van der Waals surface area (Å²) >= 11 is 0. The molecule has 1 heterocycles. The molecule has 4 nitrogen and oxygen atoms in total. The molecule has 1 atom stereocenters. The fourth-order valence-electron chi connectivity index (χ4n) is 4.00. The molecule has 0 amide bonds. The Labute approximate surface area is 162 Å². The molecule has 2 aromatic rings. The van der Waals surface area contributed by atoms with Crippen molar-refractivity contribution in [3.63, 3.8) is 0 Å². The average molecular weight is 385 g/mol. The van der Waals surface area contributed by atoms with Crippen molar-refractivity contribution in [3.8, 4) is 0 Å². The van der Waals surface area contributed by atoms with Crippen molar-refractivity contribution < 1.29 is 8.42 Å². The molecule has 5 heteroatoms. The SMILES string of the molecule is CCCN1CC[C@@H](c2ccc(NS(=O)(=O)c3ccc(C4CC4)cc3)cc2)C1. The van der Waals surface area contributed by atoms with E-state index in [1.807, 2.05) is 24.3 Å². The quantitative estimate of drug-likeness (QED) is 0.761. The second-order valence-corrected chi connectivity index (χ2v) is 9.54. The van der Waals surface area contributed by atoms with Crippen LogP contribution in [0.5, 0.6) is 0 Å². The minimum atomic E-state index is -3.54. The Morgan fingerprint density at radius 3 is 2.19 bits per heavy atom. The van der Waals surface area contributed by atoms with Gasteiger partial charge in [-0.3, -0.25) is 4.72 Å². The molecule has 1 aliphatic carbocycles. The molecule has 0 unspecified atom stereocenters. The van der Waals surface area contributed by atoms with Crippen LogP contribution in [0.25, 0.3) is 0 Å². The maximum Gasteiger partial charge on any atom is 0.261 e. The molecular formula is C22H28N2O2S. The van der Waals surface area contributed by atoms with Gasteiger partial charge in [0.05, 0.1) is 4.90 Å². The summed E-state index contributed by atoms with van der Waals surface area (Å²) in [5, 5.41) is 0. The zero-order valence-corrected chi connectivity index (χ0v) is 16.7. The Hall–Kier alpha value is -1.85. The third-order valence-corrected chi connectivity index (χ3v) is 7.08. The summed E-state index contributed by atoms with van der Waals surface area (Å²) in [6.07, 6.45) is 4.80. The van der Waals surface area contributed by atoms with Crippen molar-refractivity contribution in [1.82, 2.24) is 4.90 Å². The van der Waals surface area contributed by atoms with Crippen LogP contribution in [0.4, 0.5) is 5.69 Å². The zero-order chi connectivity index (χ0) is 18.9. The van der Waals surface area contributed by atoms with Gasteiger partial charge in [0, 0.05) is 12.2 Å². The highest BCUT2D eigenvalue weighted by Crippen LogP contribution is 2.40. The first-order valence-electron chi connectivity index (χ1n) is 10.0. The van der Waals surface area contributed by atoms with Gasteiger partial charge in [0.15, 0.2) is 0 Å². The fourth-order valence-corrected chi connectivity index (χ4v) is 5.06. The van der Waals surface area contributed by atoms with E-state index in [9.17, 15) is 8.42 Å². The van der Waals surface area contributed by atoms with Crippen LogP contribution in [0.1, 0.15) is 55.6 Å². The number of benzene rings is 2. The topological polar surface area (TPSA) is 49.4 Å². The van der Waals surface area contributed by atoms with Gasteiger partial charge in [0.2, 0.25) is 0 Å². The van der Waals surface area contributed by atoms with Gasteiger partial charge in [-0.1, -0.05) is 31.2 Å². The molecule has 27 heavy (non-hydrogen) atoms. The van der Waals surface area contributed by atoms with E-state index in [4.69, 9.17) is 0 Å². The van der Waals surface area contributed by atoms with E-state index in [-0.39, 0.29) is 0 Å². The van der Waals surface area contributed by atoms with Crippen LogP contribution in [0.3, 0.4) is 0 Å². The number of rotatable bonds is 7. The molecule has 2 aromatic carbocycles. The van der Waals surface area contributed by atoms with Crippen molar-refractivity contribution in [2.45, 2.75) is 49.3 Å². The van der Waals surface area contributed by atoms with E-state index in [2.05, 4.69) is 28.7 Å². The predicted molar refractivity (Wildman–Crippen MR) is 110 cm³/mol. The van der Waals surface area contributed by atoms with Gasteiger partial charge < -0.3 is 4.90 Å². The number of sulfonamides is 1. The molecule has 1 aliphatic heterocycles. The first kappa shape index (κ1) is 18.5. The number of nitrogens with zero attached hydrogens (tertiary/aromatic N) is 1. The lowest BCUT2D eigenvalue weighted by Crippen LogP contribution is -2.20. The average Bonchev–Trinajstić information content (AvgIpc) is 3.42. The second kappa shape index (κ2) is 7.64. The van der Waals surface area contributed by atoms with Crippen LogP contribution >= 0.6 is 0 Å². The van der Waals surface area contributed by atoms with Crippen molar-refractivity contribution in [2.75, 3.05) is 24.4 Å². The summed E-state index contributed by atoms with van der Waals surface area (Å²) in [5.74, 6) is 1.18. The van der Waals surface area contributed by atoms with Crippen molar-refractivity contribution in [1.29, 1.82) is 0 Å². The second-order valence-electron chi connectivity index (χ2n) is 7.86. The molecule has 2 fully saturated rings. The van der Waals surface area contributed by atoms with E-state index >= 15 is 0 Å². The number of likely N-dealkylation sites (tertiary alicyclic amines) is 1. The summed E-state index contributed by atoms with van der Waals surface area (Å²) in [4.78, 5) is 2.83. The van der Waals surface area contributed by atoms with Crippen LogP contribution < -0.4 is 4.72 Å². The highest BCUT2D eigenvalue weighted by molar-refractivity contribution is 7.92. The lowest BCUT2D eigenvalue weighted by atomic mass is 9.98. The summed E-state index contributed by atoms with van der Waals surface area (Å²) in [6.45, 7) is 5.64. The fraction of sp³-hybridized carbons (Fsp3) is 0.455. The maximum absolute atomic E-state index is 12.6. The number of anilines is 1. The monoisotopic (exact) mass is 384 g/mol. The summed E-state index contributed by atoms with van der Waals surface area (Å²) in [6, 6.07) is 15.2. The summed E-state index contributed by atoms with van der Waals surface area (Å²) < 4.78 is 28.0. The molecule has 1 saturated carbocycles. The van der Waals surface area contributed by atoms with E-state index in [0.717, 1.165) is 19.6 Å². The van der Waals surface area contributed by atoms with Gasteiger partial charge in [-0.2, -0.15) is 0 Å². The number of nitrogens with one attached hydrogen (secondary N) is 1. The molecular weight excluding hydrogens is 356 g/mol. The van der Waals surface area contributed by atoms with Crippen LogP contribution in [0, 0.1) is 0 Å². The van der Waals surface area contributed by atoms with Crippen LogP contribution in [-0.2, 0) is 10.0 Å². The summed E-state index contributed by atoms with van der Waals surface area (Å²) in [5.41, 5.74) is 3.16. The minimum absolute atomic E-state index is 0.321. The number of hydrogen-bond acceptors (Lipinski definition) is 3. The summed E-state index contributed by atoms with van der Waals surface area (Å²) in [7, 11) is -3.54. The smallest absolute Gasteiger partial charge is 0.261 e. The molecule has 4 rings (SSSR count). The van der Waals surface area contributed by atoms with Crippen LogP contribution in [0.15, 0.2) is 53.4 Å². The molecule has 2 aliphatic rings. The predicted octanol–water partition coefficient (Wildman–Crippen LogP) is 4.56. The lowest BCUT2D eigenvalue weighted by Gasteiger charge is -2.15. The van der Waals surface area contributed by atoms with Gasteiger partial charge in [0.25, 0.3) is 10.0 Å². The molecule has 0 bridgehead atoms. The van der Waals surface area contributed by atoms with Gasteiger partial charge >= 0.3 is 0 Å². The third-order valence-electron chi connectivity index (χ3n) is 5.69.